The van der Waals surface area contributed by atoms with Crippen LogP contribution in [0, 0.1) is 0 Å². The van der Waals surface area contributed by atoms with Crippen molar-refractivity contribution in [1.29, 1.82) is 0 Å². The highest BCUT2D eigenvalue weighted by molar-refractivity contribution is 5.95. The van der Waals surface area contributed by atoms with Crippen LogP contribution in [0.1, 0.15) is 71.9 Å². The van der Waals surface area contributed by atoms with Crippen LogP contribution in [0.4, 0.5) is 0 Å². The van der Waals surface area contributed by atoms with Gasteiger partial charge in [-0.05, 0) is 107 Å². The zero-order valence-corrected chi connectivity index (χ0v) is 21.8. The van der Waals surface area contributed by atoms with Crippen molar-refractivity contribution in [2.75, 3.05) is 0 Å². The van der Waals surface area contributed by atoms with E-state index in [1.54, 1.807) is 0 Å². The minimum atomic E-state index is -0.244. The second-order valence-electron chi connectivity index (χ2n) is 10.7. The Morgan fingerprint density at radius 1 is 0.486 bits per heavy atom. The van der Waals surface area contributed by atoms with Gasteiger partial charge < -0.3 is 0 Å². The Labute approximate surface area is 222 Å². The standard InChI is InChI=1S/C37H36/c1-3-5-7-9-15-27-21-23-31-32-24-22-28(16-10-8-6-4-2)26-36(32)37(35(31)25-27)33-19-13-11-17-29(33)30-18-12-14-20-34(30)37/h3-4,11-14,17-26H,1-2,5-10,15-16H2. The first-order valence-corrected chi connectivity index (χ1v) is 14.0. The van der Waals surface area contributed by atoms with E-state index in [0.717, 1.165) is 25.7 Å². The van der Waals surface area contributed by atoms with E-state index in [1.165, 1.54) is 81.3 Å². The van der Waals surface area contributed by atoms with Crippen molar-refractivity contribution in [2.24, 2.45) is 0 Å². The molecule has 37 heavy (non-hydrogen) atoms. The fourth-order valence-corrected chi connectivity index (χ4v) is 6.78. The summed E-state index contributed by atoms with van der Waals surface area (Å²) in [4.78, 5) is 0. The van der Waals surface area contributed by atoms with E-state index in [2.05, 4.69) is 98.1 Å². The van der Waals surface area contributed by atoms with Gasteiger partial charge in [0.25, 0.3) is 0 Å². The smallest absolute Gasteiger partial charge is 0.0725 e. The lowest BCUT2D eigenvalue weighted by atomic mass is 9.70. The molecule has 0 unspecified atom stereocenters. The van der Waals surface area contributed by atoms with E-state index < -0.39 is 0 Å². The third-order valence-corrected chi connectivity index (χ3v) is 8.47. The van der Waals surface area contributed by atoms with E-state index in [1.807, 2.05) is 12.2 Å². The number of hydrogen-bond donors (Lipinski definition) is 0. The molecule has 0 saturated carbocycles. The van der Waals surface area contributed by atoms with Crippen LogP contribution in [0.5, 0.6) is 0 Å². The molecule has 2 aliphatic carbocycles. The van der Waals surface area contributed by atoms with Crippen LogP contribution in [0.3, 0.4) is 0 Å². The summed E-state index contributed by atoms with van der Waals surface area (Å²) in [6.45, 7) is 7.79. The second-order valence-corrected chi connectivity index (χ2v) is 10.7. The van der Waals surface area contributed by atoms with Crippen LogP contribution in [-0.4, -0.2) is 0 Å². The summed E-state index contributed by atoms with van der Waals surface area (Å²) in [5, 5.41) is 0. The summed E-state index contributed by atoms with van der Waals surface area (Å²) < 4.78 is 0. The molecular weight excluding hydrogens is 444 g/mol. The van der Waals surface area contributed by atoms with Crippen LogP contribution < -0.4 is 0 Å². The molecule has 0 atom stereocenters. The molecule has 184 valence electrons. The average Bonchev–Trinajstić information content (AvgIpc) is 3.40. The summed E-state index contributed by atoms with van der Waals surface area (Å²) >= 11 is 0. The first-order chi connectivity index (χ1) is 18.3. The maximum Gasteiger partial charge on any atom is 0.0725 e. The number of aryl methyl sites for hydroxylation is 2. The lowest BCUT2D eigenvalue weighted by molar-refractivity contribution is 0.739. The Bertz CT molecular complexity index is 1350. The highest BCUT2D eigenvalue weighted by Gasteiger charge is 2.51. The Hall–Kier alpha value is -3.64. The molecule has 0 heteroatoms. The molecule has 0 saturated heterocycles. The van der Waals surface area contributed by atoms with Crippen LogP contribution in [0.2, 0.25) is 0 Å². The molecule has 0 fully saturated rings. The Morgan fingerprint density at radius 2 is 0.919 bits per heavy atom. The van der Waals surface area contributed by atoms with E-state index in [9.17, 15) is 0 Å². The van der Waals surface area contributed by atoms with Crippen LogP contribution >= 0.6 is 0 Å². The lowest BCUT2D eigenvalue weighted by Gasteiger charge is -2.31. The first kappa shape index (κ1) is 23.7. The maximum atomic E-state index is 3.90. The summed E-state index contributed by atoms with van der Waals surface area (Å²) in [7, 11) is 0. The molecule has 0 aromatic heterocycles. The monoisotopic (exact) mass is 480 g/mol. The van der Waals surface area contributed by atoms with Crippen molar-refractivity contribution in [3.63, 3.8) is 0 Å². The van der Waals surface area contributed by atoms with Gasteiger partial charge in [0.1, 0.15) is 0 Å². The molecular formula is C37H36. The highest BCUT2D eigenvalue weighted by Crippen LogP contribution is 2.62. The molecule has 0 heterocycles. The number of benzene rings is 4. The minimum Gasteiger partial charge on any atom is -0.103 e. The van der Waals surface area contributed by atoms with Crippen molar-refractivity contribution in [3.05, 3.63) is 144 Å². The highest BCUT2D eigenvalue weighted by atomic mass is 14.5. The predicted octanol–water partition coefficient (Wildman–Crippen LogP) is 9.83. The van der Waals surface area contributed by atoms with Crippen molar-refractivity contribution >= 4 is 0 Å². The van der Waals surface area contributed by atoms with Gasteiger partial charge in [0.15, 0.2) is 0 Å². The van der Waals surface area contributed by atoms with Crippen molar-refractivity contribution < 1.29 is 0 Å². The molecule has 6 rings (SSSR count). The molecule has 2 aliphatic rings. The summed E-state index contributed by atoms with van der Waals surface area (Å²) in [5.41, 5.74) is 14.0. The molecule has 4 aromatic carbocycles. The van der Waals surface area contributed by atoms with Crippen molar-refractivity contribution in [2.45, 2.75) is 56.8 Å². The van der Waals surface area contributed by atoms with E-state index in [0.29, 0.717) is 0 Å². The van der Waals surface area contributed by atoms with Crippen LogP contribution in [0.25, 0.3) is 22.3 Å². The molecule has 0 radical (unpaired) electrons. The first-order valence-electron chi connectivity index (χ1n) is 14.0. The van der Waals surface area contributed by atoms with Crippen molar-refractivity contribution in [1.82, 2.24) is 0 Å². The van der Waals surface area contributed by atoms with E-state index in [-0.39, 0.29) is 5.41 Å². The normalized spacial score (nSPS) is 13.6. The number of allylic oxidation sites excluding steroid dienone is 2. The average molecular weight is 481 g/mol. The van der Waals surface area contributed by atoms with Crippen LogP contribution in [-0.2, 0) is 18.3 Å². The zero-order chi connectivity index (χ0) is 25.2. The second kappa shape index (κ2) is 10.0. The fraction of sp³-hybridized carbons (Fsp3) is 0.243. The summed E-state index contributed by atoms with van der Waals surface area (Å²) in [6, 6.07) is 32.8. The zero-order valence-electron chi connectivity index (χ0n) is 21.8. The Balaban J connectivity index is 1.54. The number of rotatable bonds is 10. The fourth-order valence-electron chi connectivity index (χ4n) is 6.78. The van der Waals surface area contributed by atoms with Gasteiger partial charge in [0.05, 0.1) is 5.41 Å². The maximum absolute atomic E-state index is 3.90. The van der Waals surface area contributed by atoms with Gasteiger partial charge in [-0.3, -0.25) is 0 Å². The molecule has 0 aliphatic heterocycles. The number of hydrogen-bond acceptors (Lipinski definition) is 0. The van der Waals surface area contributed by atoms with Gasteiger partial charge in [-0.1, -0.05) is 97.1 Å². The third kappa shape index (κ3) is 3.82. The van der Waals surface area contributed by atoms with Gasteiger partial charge in [0, 0.05) is 0 Å². The molecule has 0 N–H and O–H groups in total. The predicted molar refractivity (Wildman–Crippen MR) is 158 cm³/mol. The minimum absolute atomic E-state index is 0.244. The number of fused-ring (bicyclic) bond motifs is 10. The molecule has 4 aromatic rings. The van der Waals surface area contributed by atoms with Gasteiger partial charge in [0.2, 0.25) is 0 Å². The molecule has 0 nitrogen and oxygen atoms in total. The Kier molecular flexibility index (Phi) is 6.43. The Morgan fingerprint density at radius 3 is 1.38 bits per heavy atom. The van der Waals surface area contributed by atoms with E-state index >= 15 is 0 Å². The SMILES string of the molecule is C=CCCCCc1ccc2c(c1)C1(c3ccccc3-c3ccccc31)c1cc(CCCCC=C)ccc1-2. The van der Waals surface area contributed by atoms with Crippen molar-refractivity contribution in [3.8, 4) is 22.3 Å². The third-order valence-electron chi connectivity index (χ3n) is 8.47. The van der Waals surface area contributed by atoms with Gasteiger partial charge in [-0.2, -0.15) is 0 Å². The quantitative estimate of drug-likeness (QED) is 0.135. The van der Waals surface area contributed by atoms with Gasteiger partial charge >= 0.3 is 0 Å². The number of unbranched alkanes of at least 4 members (excludes halogenated alkanes) is 4. The largest absolute Gasteiger partial charge is 0.103 e. The van der Waals surface area contributed by atoms with Crippen LogP contribution in [0.15, 0.2) is 110 Å². The van der Waals surface area contributed by atoms with Gasteiger partial charge in [-0.25, -0.2) is 0 Å². The molecule has 0 bridgehead atoms. The van der Waals surface area contributed by atoms with Gasteiger partial charge in [-0.15, -0.1) is 13.2 Å². The molecule has 1 spiro atoms. The summed E-state index contributed by atoms with van der Waals surface area (Å²) in [5.74, 6) is 0. The molecule has 0 amide bonds. The lowest BCUT2D eigenvalue weighted by Crippen LogP contribution is -2.26. The summed E-state index contributed by atoms with van der Waals surface area (Å²) in [6.07, 6.45) is 13.3. The topological polar surface area (TPSA) is 0 Å². The van der Waals surface area contributed by atoms with E-state index in [4.69, 9.17) is 0 Å².